The van der Waals surface area contributed by atoms with Crippen LogP contribution < -0.4 is 5.32 Å². The van der Waals surface area contributed by atoms with Gasteiger partial charge in [-0.25, -0.2) is 0 Å². The third-order valence-electron chi connectivity index (χ3n) is 5.95. The van der Waals surface area contributed by atoms with E-state index in [1.54, 1.807) is 0 Å². The molecule has 2 aromatic rings. The normalized spacial score (nSPS) is 17.6. The summed E-state index contributed by atoms with van der Waals surface area (Å²) in [5.41, 5.74) is 6.12. The van der Waals surface area contributed by atoms with Crippen LogP contribution in [0.2, 0.25) is 0 Å². The lowest BCUT2D eigenvalue weighted by atomic mass is 9.89. The molecule has 28 heavy (non-hydrogen) atoms. The van der Waals surface area contributed by atoms with Crippen LogP contribution in [0.3, 0.4) is 0 Å². The number of fused-ring (bicyclic) bond motifs is 1. The number of hydrogen-bond donors (Lipinski definition) is 1. The maximum Gasteiger partial charge on any atom is 0.0893 e. The van der Waals surface area contributed by atoms with Crippen LogP contribution in [0.25, 0.3) is 0 Å². The molecule has 0 bridgehead atoms. The van der Waals surface area contributed by atoms with Crippen molar-refractivity contribution in [1.29, 1.82) is 0 Å². The van der Waals surface area contributed by atoms with E-state index < -0.39 is 0 Å². The van der Waals surface area contributed by atoms with Crippen molar-refractivity contribution in [2.45, 2.75) is 51.4 Å². The first-order valence-electron chi connectivity index (χ1n) is 11.0. The molecule has 1 aliphatic heterocycles. The summed E-state index contributed by atoms with van der Waals surface area (Å²) in [6.07, 6.45) is 10.2. The topological polar surface area (TPSA) is 40.0 Å². The number of nitrogens with zero attached hydrogens (tertiary/aromatic N) is 3. The molecule has 1 saturated heterocycles. The SMILES string of the molecule is c1ccc(N=Nc2ccc(NCCCN3CCCCC3)c3c2CCCC3)cc1. The van der Waals surface area contributed by atoms with Crippen molar-refractivity contribution in [3.05, 3.63) is 53.6 Å². The number of nitrogens with one attached hydrogen (secondary N) is 1. The van der Waals surface area contributed by atoms with Crippen molar-refractivity contribution in [3.8, 4) is 0 Å². The Hall–Kier alpha value is -2.20. The lowest BCUT2D eigenvalue weighted by molar-refractivity contribution is 0.228. The van der Waals surface area contributed by atoms with Crippen molar-refractivity contribution in [2.24, 2.45) is 10.2 Å². The monoisotopic (exact) mass is 376 g/mol. The van der Waals surface area contributed by atoms with Gasteiger partial charge in [0.1, 0.15) is 0 Å². The molecule has 1 fully saturated rings. The van der Waals surface area contributed by atoms with E-state index in [4.69, 9.17) is 0 Å². The highest BCUT2D eigenvalue weighted by Crippen LogP contribution is 2.35. The molecule has 148 valence electrons. The molecule has 1 N–H and O–H groups in total. The van der Waals surface area contributed by atoms with E-state index in [2.05, 4.69) is 32.6 Å². The number of benzene rings is 2. The minimum atomic E-state index is 0.909. The number of anilines is 1. The molecule has 0 radical (unpaired) electrons. The summed E-state index contributed by atoms with van der Waals surface area (Å²) >= 11 is 0. The minimum absolute atomic E-state index is 0.909. The Bertz CT molecular complexity index is 779. The minimum Gasteiger partial charge on any atom is -0.385 e. The van der Waals surface area contributed by atoms with Crippen molar-refractivity contribution in [3.63, 3.8) is 0 Å². The van der Waals surface area contributed by atoms with E-state index in [1.807, 2.05) is 30.3 Å². The second kappa shape index (κ2) is 9.83. The van der Waals surface area contributed by atoms with Gasteiger partial charge in [0.25, 0.3) is 0 Å². The van der Waals surface area contributed by atoms with Gasteiger partial charge in [0, 0.05) is 12.2 Å². The van der Waals surface area contributed by atoms with E-state index in [0.29, 0.717) is 0 Å². The van der Waals surface area contributed by atoms with Crippen LogP contribution in [-0.2, 0) is 12.8 Å². The molecule has 2 aliphatic rings. The Kier molecular flexibility index (Phi) is 6.72. The Morgan fingerprint density at radius 1 is 0.786 bits per heavy atom. The number of piperidine rings is 1. The van der Waals surface area contributed by atoms with Crippen molar-refractivity contribution >= 4 is 17.1 Å². The average Bonchev–Trinajstić information content (AvgIpc) is 2.77. The fourth-order valence-corrected chi connectivity index (χ4v) is 4.42. The summed E-state index contributed by atoms with van der Waals surface area (Å²) < 4.78 is 0. The first kappa shape index (κ1) is 19.1. The van der Waals surface area contributed by atoms with Gasteiger partial charge in [-0.3, -0.25) is 0 Å². The smallest absolute Gasteiger partial charge is 0.0893 e. The Balaban J connectivity index is 1.40. The van der Waals surface area contributed by atoms with Gasteiger partial charge in [0.2, 0.25) is 0 Å². The molecule has 4 heteroatoms. The van der Waals surface area contributed by atoms with E-state index in [1.165, 1.54) is 75.0 Å². The lowest BCUT2D eigenvalue weighted by Gasteiger charge is -2.26. The summed E-state index contributed by atoms with van der Waals surface area (Å²) in [5.74, 6) is 0. The molecule has 0 saturated carbocycles. The molecule has 0 amide bonds. The molecule has 2 aromatic carbocycles. The van der Waals surface area contributed by atoms with Crippen LogP contribution in [0.5, 0.6) is 0 Å². The zero-order valence-electron chi connectivity index (χ0n) is 16.9. The first-order valence-corrected chi connectivity index (χ1v) is 11.0. The fourth-order valence-electron chi connectivity index (χ4n) is 4.42. The van der Waals surface area contributed by atoms with E-state index >= 15 is 0 Å². The second-order valence-corrected chi connectivity index (χ2v) is 8.01. The Morgan fingerprint density at radius 2 is 1.57 bits per heavy atom. The van der Waals surface area contributed by atoms with Gasteiger partial charge in [0.15, 0.2) is 0 Å². The van der Waals surface area contributed by atoms with Crippen LogP contribution >= 0.6 is 0 Å². The molecule has 4 nitrogen and oxygen atoms in total. The van der Waals surface area contributed by atoms with Crippen molar-refractivity contribution < 1.29 is 0 Å². The van der Waals surface area contributed by atoms with E-state index in [9.17, 15) is 0 Å². The molecule has 4 rings (SSSR count). The standard InChI is InChI=1S/C24H32N4/c1-3-10-20(11-4-1)26-27-24-15-14-23(21-12-5-6-13-22(21)24)25-16-9-19-28-17-7-2-8-18-28/h1,3-4,10-11,14-15,25H,2,5-9,12-13,16-19H2. The van der Waals surface area contributed by atoms with Crippen molar-refractivity contribution in [1.82, 2.24) is 4.90 Å². The van der Waals surface area contributed by atoms with Crippen LogP contribution in [-0.4, -0.2) is 31.1 Å². The van der Waals surface area contributed by atoms with Gasteiger partial charge in [0.05, 0.1) is 11.4 Å². The van der Waals surface area contributed by atoms with Crippen molar-refractivity contribution in [2.75, 3.05) is 31.5 Å². The summed E-state index contributed by atoms with van der Waals surface area (Å²) in [4.78, 5) is 2.62. The molecule has 1 aliphatic carbocycles. The molecule has 1 heterocycles. The van der Waals surface area contributed by atoms with Crippen LogP contribution in [0.15, 0.2) is 52.7 Å². The van der Waals surface area contributed by atoms with Crippen LogP contribution in [0.4, 0.5) is 17.1 Å². The summed E-state index contributed by atoms with van der Waals surface area (Å²) in [7, 11) is 0. The van der Waals surface area contributed by atoms with Gasteiger partial charge in [-0.05, 0) is 100.0 Å². The molecular weight excluding hydrogens is 344 g/mol. The molecule has 0 aromatic heterocycles. The quantitative estimate of drug-likeness (QED) is 0.457. The summed E-state index contributed by atoms with van der Waals surface area (Å²) in [5, 5.41) is 12.7. The van der Waals surface area contributed by atoms with Gasteiger partial charge >= 0.3 is 0 Å². The van der Waals surface area contributed by atoms with E-state index in [-0.39, 0.29) is 0 Å². The lowest BCUT2D eigenvalue weighted by Crippen LogP contribution is -2.31. The zero-order chi connectivity index (χ0) is 19.0. The third-order valence-corrected chi connectivity index (χ3v) is 5.95. The predicted octanol–water partition coefficient (Wildman–Crippen LogP) is 6.27. The maximum atomic E-state index is 4.58. The number of azo groups is 1. The maximum absolute atomic E-state index is 4.58. The van der Waals surface area contributed by atoms with Gasteiger partial charge in [-0.1, -0.05) is 24.6 Å². The number of likely N-dealkylation sites (tertiary alicyclic amines) is 1. The second-order valence-electron chi connectivity index (χ2n) is 8.01. The average molecular weight is 377 g/mol. The van der Waals surface area contributed by atoms with Gasteiger partial charge in [-0.15, -0.1) is 0 Å². The zero-order valence-corrected chi connectivity index (χ0v) is 16.9. The van der Waals surface area contributed by atoms with Crippen LogP contribution in [0, 0.1) is 0 Å². The number of hydrogen-bond acceptors (Lipinski definition) is 4. The van der Waals surface area contributed by atoms with Crippen LogP contribution in [0.1, 0.15) is 49.7 Å². The number of rotatable bonds is 7. The Morgan fingerprint density at radius 3 is 2.39 bits per heavy atom. The molecule has 0 spiro atoms. The summed E-state index contributed by atoms with van der Waals surface area (Å²) in [6.45, 7) is 4.85. The highest BCUT2D eigenvalue weighted by atomic mass is 15.1. The molecular formula is C24H32N4. The summed E-state index contributed by atoms with van der Waals surface area (Å²) in [6, 6.07) is 14.4. The predicted molar refractivity (Wildman–Crippen MR) is 117 cm³/mol. The molecule has 0 unspecified atom stereocenters. The highest BCUT2D eigenvalue weighted by Gasteiger charge is 2.17. The van der Waals surface area contributed by atoms with Gasteiger partial charge in [-0.2, -0.15) is 10.2 Å². The first-order chi connectivity index (χ1) is 13.9. The third kappa shape index (κ3) is 4.99. The largest absolute Gasteiger partial charge is 0.385 e. The Labute approximate surface area is 169 Å². The molecule has 0 atom stereocenters. The van der Waals surface area contributed by atoms with E-state index in [0.717, 1.165) is 30.8 Å². The van der Waals surface area contributed by atoms with Gasteiger partial charge < -0.3 is 10.2 Å². The highest BCUT2D eigenvalue weighted by molar-refractivity contribution is 5.64. The fraction of sp³-hybridized carbons (Fsp3) is 0.500.